The van der Waals surface area contributed by atoms with Crippen LogP contribution in [0, 0.1) is 18.3 Å². The summed E-state index contributed by atoms with van der Waals surface area (Å²) in [5, 5.41) is 3.67. The van der Waals surface area contributed by atoms with E-state index in [1.807, 2.05) is 0 Å². The molecule has 1 aliphatic heterocycles. The average Bonchev–Trinajstić information content (AvgIpc) is 2.46. The van der Waals surface area contributed by atoms with Gasteiger partial charge in [-0.1, -0.05) is 50.1 Å². The van der Waals surface area contributed by atoms with Crippen LogP contribution in [0.5, 0.6) is 0 Å². The van der Waals surface area contributed by atoms with Crippen LogP contribution in [0.1, 0.15) is 32.4 Å². The molecule has 0 amide bonds. The predicted molar refractivity (Wildman–Crippen MR) is 80.8 cm³/mol. The first kappa shape index (κ1) is 14.1. The van der Waals surface area contributed by atoms with Crippen molar-refractivity contribution in [3.05, 3.63) is 35.9 Å². The van der Waals surface area contributed by atoms with E-state index in [4.69, 9.17) is 6.42 Å². The number of piperazine rings is 1. The predicted octanol–water partition coefficient (Wildman–Crippen LogP) is 2.68. The van der Waals surface area contributed by atoms with Gasteiger partial charge >= 0.3 is 0 Å². The SMILES string of the molecule is C#CC(C)N1CC(C(C)C)NCC1c1ccccc1. The molecule has 102 valence electrons. The van der Waals surface area contributed by atoms with E-state index in [2.05, 4.69) is 67.2 Å². The van der Waals surface area contributed by atoms with Gasteiger partial charge in [-0.15, -0.1) is 6.42 Å². The third kappa shape index (κ3) is 3.18. The monoisotopic (exact) mass is 256 g/mol. The summed E-state index contributed by atoms with van der Waals surface area (Å²) in [6, 6.07) is 11.7. The number of rotatable bonds is 3. The van der Waals surface area contributed by atoms with Crippen LogP contribution in [-0.4, -0.2) is 30.1 Å². The molecule has 0 radical (unpaired) electrons. The first-order valence-electron chi connectivity index (χ1n) is 7.13. The Balaban J connectivity index is 2.21. The molecule has 1 aliphatic rings. The van der Waals surface area contributed by atoms with E-state index < -0.39 is 0 Å². The highest BCUT2D eigenvalue weighted by atomic mass is 15.3. The highest BCUT2D eigenvalue weighted by molar-refractivity contribution is 5.21. The van der Waals surface area contributed by atoms with Gasteiger partial charge in [0.05, 0.1) is 6.04 Å². The van der Waals surface area contributed by atoms with E-state index in [0.29, 0.717) is 18.0 Å². The molecule has 3 atom stereocenters. The van der Waals surface area contributed by atoms with Crippen molar-refractivity contribution in [2.45, 2.75) is 38.9 Å². The second-order valence-electron chi connectivity index (χ2n) is 5.72. The van der Waals surface area contributed by atoms with Crippen LogP contribution in [0.25, 0.3) is 0 Å². The molecule has 3 unspecified atom stereocenters. The van der Waals surface area contributed by atoms with E-state index in [1.165, 1.54) is 5.56 Å². The molecule has 0 spiro atoms. The normalized spacial score (nSPS) is 26.1. The van der Waals surface area contributed by atoms with Crippen molar-refractivity contribution in [1.82, 2.24) is 10.2 Å². The maximum absolute atomic E-state index is 5.65. The molecule has 0 saturated carbocycles. The Morgan fingerprint density at radius 2 is 1.95 bits per heavy atom. The molecule has 2 rings (SSSR count). The standard InChI is InChI=1S/C17H24N2/c1-5-14(4)19-12-16(13(2)3)18-11-17(19)15-9-7-6-8-10-15/h1,6-10,13-14,16-18H,11-12H2,2-4H3. The van der Waals surface area contributed by atoms with Gasteiger partial charge in [0.2, 0.25) is 0 Å². The zero-order chi connectivity index (χ0) is 13.8. The highest BCUT2D eigenvalue weighted by Gasteiger charge is 2.32. The average molecular weight is 256 g/mol. The topological polar surface area (TPSA) is 15.3 Å². The van der Waals surface area contributed by atoms with E-state index in [0.717, 1.165) is 13.1 Å². The Bertz CT molecular complexity index is 432. The third-order valence-electron chi connectivity index (χ3n) is 4.11. The summed E-state index contributed by atoms with van der Waals surface area (Å²) < 4.78 is 0. The van der Waals surface area contributed by atoms with Gasteiger partial charge in [0.25, 0.3) is 0 Å². The van der Waals surface area contributed by atoms with Crippen molar-refractivity contribution >= 4 is 0 Å². The molecule has 2 heteroatoms. The van der Waals surface area contributed by atoms with Crippen molar-refractivity contribution in [1.29, 1.82) is 0 Å². The summed E-state index contributed by atoms with van der Waals surface area (Å²) in [4.78, 5) is 2.45. The van der Waals surface area contributed by atoms with Gasteiger partial charge in [-0.3, -0.25) is 4.90 Å². The van der Waals surface area contributed by atoms with Gasteiger partial charge in [-0.25, -0.2) is 0 Å². The van der Waals surface area contributed by atoms with E-state index in [9.17, 15) is 0 Å². The fourth-order valence-electron chi connectivity index (χ4n) is 2.75. The Morgan fingerprint density at radius 1 is 1.26 bits per heavy atom. The summed E-state index contributed by atoms with van der Waals surface area (Å²) in [5.41, 5.74) is 1.35. The Labute approximate surface area is 117 Å². The smallest absolute Gasteiger partial charge is 0.0689 e. The molecular formula is C17H24N2. The van der Waals surface area contributed by atoms with Crippen LogP contribution in [0.3, 0.4) is 0 Å². The number of nitrogens with one attached hydrogen (secondary N) is 1. The van der Waals surface area contributed by atoms with Gasteiger partial charge in [0.1, 0.15) is 0 Å². The fourth-order valence-corrected chi connectivity index (χ4v) is 2.75. The first-order valence-corrected chi connectivity index (χ1v) is 7.13. The van der Waals surface area contributed by atoms with Crippen LogP contribution >= 0.6 is 0 Å². The lowest BCUT2D eigenvalue weighted by Gasteiger charge is -2.43. The number of benzene rings is 1. The second-order valence-corrected chi connectivity index (χ2v) is 5.72. The van der Waals surface area contributed by atoms with Gasteiger partial charge in [-0.05, 0) is 18.4 Å². The van der Waals surface area contributed by atoms with Crippen LogP contribution < -0.4 is 5.32 Å². The zero-order valence-electron chi connectivity index (χ0n) is 12.1. The van der Waals surface area contributed by atoms with E-state index >= 15 is 0 Å². The molecule has 1 aromatic rings. The highest BCUT2D eigenvalue weighted by Crippen LogP contribution is 2.27. The molecule has 19 heavy (non-hydrogen) atoms. The molecular weight excluding hydrogens is 232 g/mol. The number of nitrogens with zero attached hydrogens (tertiary/aromatic N) is 1. The summed E-state index contributed by atoms with van der Waals surface area (Å²) in [7, 11) is 0. The maximum Gasteiger partial charge on any atom is 0.0689 e. The number of terminal acetylenes is 1. The van der Waals surface area contributed by atoms with Crippen molar-refractivity contribution in [3.63, 3.8) is 0 Å². The van der Waals surface area contributed by atoms with Gasteiger partial charge in [0, 0.05) is 25.2 Å². The number of hydrogen-bond acceptors (Lipinski definition) is 2. The lowest BCUT2D eigenvalue weighted by molar-refractivity contribution is 0.0968. The molecule has 1 N–H and O–H groups in total. The zero-order valence-corrected chi connectivity index (χ0v) is 12.1. The summed E-state index contributed by atoms with van der Waals surface area (Å²) in [6.45, 7) is 8.64. The quantitative estimate of drug-likeness (QED) is 0.837. The molecule has 0 aliphatic carbocycles. The minimum absolute atomic E-state index is 0.175. The molecule has 0 bridgehead atoms. The molecule has 2 nitrogen and oxygen atoms in total. The molecule has 1 heterocycles. The van der Waals surface area contributed by atoms with Crippen LogP contribution in [0.2, 0.25) is 0 Å². The Kier molecular flexibility index (Phi) is 4.63. The largest absolute Gasteiger partial charge is 0.311 e. The molecule has 1 fully saturated rings. The molecule has 1 aromatic carbocycles. The summed E-state index contributed by atoms with van der Waals surface area (Å²) in [5.74, 6) is 3.52. The lowest BCUT2D eigenvalue weighted by atomic mass is 9.94. The van der Waals surface area contributed by atoms with Crippen LogP contribution in [0.4, 0.5) is 0 Å². The van der Waals surface area contributed by atoms with Crippen LogP contribution in [-0.2, 0) is 0 Å². The molecule has 0 aromatic heterocycles. The second kappa shape index (κ2) is 6.23. The van der Waals surface area contributed by atoms with Crippen molar-refractivity contribution in [2.24, 2.45) is 5.92 Å². The Hall–Kier alpha value is -1.30. The molecule has 1 saturated heterocycles. The minimum atomic E-state index is 0.175. The summed E-state index contributed by atoms with van der Waals surface area (Å²) in [6.07, 6.45) is 5.65. The van der Waals surface area contributed by atoms with Crippen molar-refractivity contribution in [3.8, 4) is 12.3 Å². The lowest BCUT2D eigenvalue weighted by Crippen LogP contribution is -2.56. The number of hydrogen-bond donors (Lipinski definition) is 1. The fraction of sp³-hybridized carbons (Fsp3) is 0.529. The maximum atomic E-state index is 5.65. The van der Waals surface area contributed by atoms with E-state index in [-0.39, 0.29) is 6.04 Å². The van der Waals surface area contributed by atoms with Gasteiger partial charge in [-0.2, -0.15) is 0 Å². The van der Waals surface area contributed by atoms with Crippen molar-refractivity contribution in [2.75, 3.05) is 13.1 Å². The summed E-state index contributed by atoms with van der Waals surface area (Å²) >= 11 is 0. The van der Waals surface area contributed by atoms with Crippen molar-refractivity contribution < 1.29 is 0 Å². The third-order valence-corrected chi connectivity index (χ3v) is 4.11. The van der Waals surface area contributed by atoms with Gasteiger partial charge < -0.3 is 5.32 Å². The van der Waals surface area contributed by atoms with E-state index in [1.54, 1.807) is 0 Å². The Morgan fingerprint density at radius 3 is 2.53 bits per heavy atom. The van der Waals surface area contributed by atoms with Crippen LogP contribution in [0.15, 0.2) is 30.3 Å². The first-order chi connectivity index (χ1) is 9.13. The van der Waals surface area contributed by atoms with Gasteiger partial charge in [0.15, 0.2) is 0 Å². The minimum Gasteiger partial charge on any atom is -0.311 e.